The van der Waals surface area contributed by atoms with Crippen LogP contribution in [-0.4, -0.2) is 12.8 Å². The van der Waals surface area contributed by atoms with Gasteiger partial charge in [-0.3, -0.25) is 0 Å². The number of hydrogen-bond donors (Lipinski definition) is 1. The smallest absolute Gasteiger partial charge is 0.0409 e. The van der Waals surface area contributed by atoms with Gasteiger partial charge in [-0.2, -0.15) is 11.8 Å². The quantitative estimate of drug-likeness (QED) is 0.822. The summed E-state index contributed by atoms with van der Waals surface area (Å²) in [5, 5.41) is 3.43. The number of rotatable bonds is 6. The molecule has 112 valence electrons. The van der Waals surface area contributed by atoms with Crippen molar-refractivity contribution >= 4 is 11.8 Å². The molecular weight excluding hydrogens is 274 g/mol. The number of aryl methyl sites for hydroxylation is 3. The number of nitrogens with one attached hydrogen (secondary N) is 1. The summed E-state index contributed by atoms with van der Waals surface area (Å²) < 4.78 is 0. The lowest BCUT2D eigenvalue weighted by molar-refractivity contribution is 0.661. The van der Waals surface area contributed by atoms with Gasteiger partial charge in [-0.25, -0.2) is 0 Å². The van der Waals surface area contributed by atoms with E-state index in [4.69, 9.17) is 0 Å². The molecule has 0 aromatic heterocycles. The van der Waals surface area contributed by atoms with Crippen LogP contribution < -0.4 is 5.32 Å². The highest BCUT2D eigenvalue weighted by Gasteiger charge is 2.09. The maximum Gasteiger partial charge on any atom is 0.0409 e. The standard InChI is InChI=1S/C19H25NS/c1-14-5-7-18(8-6-14)19(20-4)13-21-12-17-10-15(2)9-16(3)11-17/h5-11,19-20H,12-13H2,1-4H3. The lowest BCUT2D eigenvalue weighted by Gasteiger charge is -2.16. The highest BCUT2D eigenvalue weighted by Crippen LogP contribution is 2.22. The summed E-state index contributed by atoms with van der Waals surface area (Å²) in [6.45, 7) is 6.47. The molecule has 0 saturated heterocycles. The minimum Gasteiger partial charge on any atom is -0.312 e. The van der Waals surface area contributed by atoms with Gasteiger partial charge in [0.2, 0.25) is 0 Å². The number of thioether (sulfide) groups is 1. The Kier molecular flexibility index (Phi) is 5.89. The predicted molar refractivity (Wildman–Crippen MR) is 95.1 cm³/mol. The molecule has 21 heavy (non-hydrogen) atoms. The van der Waals surface area contributed by atoms with Gasteiger partial charge in [-0.15, -0.1) is 0 Å². The lowest BCUT2D eigenvalue weighted by atomic mass is 10.1. The van der Waals surface area contributed by atoms with Gasteiger partial charge < -0.3 is 5.32 Å². The van der Waals surface area contributed by atoms with Crippen LogP contribution in [0.5, 0.6) is 0 Å². The average molecular weight is 299 g/mol. The van der Waals surface area contributed by atoms with E-state index in [1.165, 1.54) is 27.8 Å². The van der Waals surface area contributed by atoms with Crippen molar-refractivity contribution in [2.45, 2.75) is 32.6 Å². The third kappa shape index (κ3) is 4.90. The van der Waals surface area contributed by atoms with Gasteiger partial charge >= 0.3 is 0 Å². The van der Waals surface area contributed by atoms with Gasteiger partial charge in [0.05, 0.1) is 0 Å². The highest BCUT2D eigenvalue weighted by molar-refractivity contribution is 7.98. The molecule has 1 nitrogen and oxygen atoms in total. The zero-order valence-electron chi connectivity index (χ0n) is 13.4. The van der Waals surface area contributed by atoms with E-state index in [9.17, 15) is 0 Å². The molecule has 1 unspecified atom stereocenters. The largest absolute Gasteiger partial charge is 0.312 e. The first-order chi connectivity index (χ1) is 10.1. The summed E-state index contributed by atoms with van der Waals surface area (Å²) >= 11 is 1.99. The first kappa shape index (κ1) is 16.1. The van der Waals surface area contributed by atoms with Crippen LogP contribution in [0.3, 0.4) is 0 Å². The molecule has 0 spiro atoms. The van der Waals surface area contributed by atoms with Crippen LogP contribution in [0.2, 0.25) is 0 Å². The van der Waals surface area contributed by atoms with Crippen LogP contribution in [0.15, 0.2) is 42.5 Å². The Morgan fingerprint density at radius 2 is 1.52 bits per heavy atom. The zero-order chi connectivity index (χ0) is 15.2. The van der Waals surface area contributed by atoms with Crippen molar-refractivity contribution in [3.8, 4) is 0 Å². The van der Waals surface area contributed by atoms with Gasteiger partial charge in [0.1, 0.15) is 0 Å². The van der Waals surface area contributed by atoms with Crippen LogP contribution in [0.25, 0.3) is 0 Å². The van der Waals surface area contributed by atoms with E-state index in [2.05, 4.69) is 68.6 Å². The van der Waals surface area contributed by atoms with Gasteiger partial charge in [-0.05, 0) is 38.9 Å². The molecule has 2 rings (SSSR count). The van der Waals surface area contributed by atoms with E-state index in [-0.39, 0.29) is 0 Å². The summed E-state index contributed by atoms with van der Waals surface area (Å²) in [4.78, 5) is 0. The minimum atomic E-state index is 0.418. The molecule has 2 aromatic carbocycles. The fourth-order valence-corrected chi connectivity index (χ4v) is 3.71. The molecule has 0 radical (unpaired) electrons. The summed E-state index contributed by atoms with van der Waals surface area (Å²) in [5.41, 5.74) is 6.83. The first-order valence-electron chi connectivity index (χ1n) is 7.47. The van der Waals surface area contributed by atoms with E-state index in [1.54, 1.807) is 0 Å². The number of hydrogen-bond acceptors (Lipinski definition) is 2. The van der Waals surface area contributed by atoms with Crippen molar-refractivity contribution in [2.75, 3.05) is 12.8 Å². The molecule has 0 aliphatic rings. The molecule has 1 N–H and O–H groups in total. The van der Waals surface area contributed by atoms with E-state index in [0.29, 0.717) is 6.04 Å². The van der Waals surface area contributed by atoms with Gasteiger partial charge in [-0.1, -0.05) is 59.2 Å². The Bertz CT molecular complexity index is 554. The van der Waals surface area contributed by atoms with Crippen LogP contribution in [0, 0.1) is 20.8 Å². The maximum absolute atomic E-state index is 3.43. The highest BCUT2D eigenvalue weighted by atomic mass is 32.2. The monoisotopic (exact) mass is 299 g/mol. The second kappa shape index (κ2) is 7.67. The summed E-state index contributed by atoms with van der Waals surface area (Å²) in [7, 11) is 2.04. The average Bonchev–Trinajstić information content (AvgIpc) is 2.44. The molecule has 0 bridgehead atoms. The van der Waals surface area contributed by atoms with E-state index in [1.807, 2.05) is 18.8 Å². The zero-order valence-corrected chi connectivity index (χ0v) is 14.3. The van der Waals surface area contributed by atoms with E-state index in [0.717, 1.165) is 11.5 Å². The molecule has 0 saturated carbocycles. The molecule has 0 aliphatic carbocycles. The summed E-state index contributed by atoms with van der Waals surface area (Å²) in [6, 6.07) is 16.1. The second-order valence-electron chi connectivity index (χ2n) is 5.76. The Balaban J connectivity index is 1.92. The molecule has 2 aromatic rings. The molecule has 0 heterocycles. The molecular formula is C19H25NS. The Labute approximate surface area is 133 Å². The molecule has 1 atom stereocenters. The van der Waals surface area contributed by atoms with E-state index >= 15 is 0 Å². The Morgan fingerprint density at radius 3 is 2.10 bits per heavy atom. The topological polar surface area (TPSA) is 12.0 Å². The first-order valence-corrected chi connectivity index (χ1v) is 8.62. The third-order valence-electron chi connectivity index (χ3n) is 3.66. The van der Waals surface area contributed by atoms with Gasteiger partial charge in [0.15, 0.2) is 0 Å². The summed E-state index contributed by atoms with van der Waals surface area (Å²) in [5.74, 6) is 2.17. The van der Waals surface area contributed by atoms with Crippen molar-refractivity contribution < 1.29 is 0 Å². The van der Waals surface area contributed by atoms with Crippen molar-refractivity contribution in [1.29, 1.82) is 0 Å². The Morgan fingerprint density at radius 1 is 0.905 bits per heavy atom. The van der Waals surface area contributed by atoms with Crippen molar-refractivity contribution in [2.24, 2.45) is 0 Å². The normalized spacial score (nSPS) is 12.4. The van der Waals surface area contributed by atoms with Gasteiger partial charge in [0.25, 0.3) is 0 Å². The van der Waals surface area contributed by atoms with Gasteiger partial charge in [0, 0.05) is 17.5 Å². The fraction of sp³-hybridized carbons (Fsp3) is 0.368. The van der Waals surface area contributed by atoms with Crippen molar-refractivity contribution in [1.82, 2.24) is 5.32 Å². The molecule has 2 heteroatoms. The minimum absolute atomic E-state index is 0.418. The predicted octanol–water partition coefficient (Wildman–Crippen LogP) is 4.81. The SMILES string of the molecule is CNC(CSCc1cc(C)cc(C)c1)c1ccc(C)cc1. The molecule has 0 fully saturated rings. The Hall–Kier alpha value is -1.25. The molecule has 0 aliphatic heterocycles. The second-order valence-corrected chi connectivity index (χ2v) is 6.79. The number of benzene rings is 2. The van der Waals surface area contributed by atoms with Crippen molar-refractivity contribution in [3.05, 3.63) is 70.3 Å². The lowest BCUT2D eigenvalue weighted by Crippen LogP contribution is -2.18. The summed E-state index contributed by atoms with van der Waals surface area (Å²) in [6.07, 6.45) is 0. The fourth-order valence-electron chi connectivity index (χ4n) is 2.59. The van der Waals surface area contributed by atoms with Crippen LogP contribution in [0.4, 0.5) is 0 Å². The third-order valence-corrected chi connectivity index (χ3v) is 4.77. The van der Waals surface area contributed by atoms with Crippen LogP contribution in [-0.2, 0) is 5.75 Å². The van der Waals surface area contributed by atoms with Crippen LogP contribution in [0.1, 0.15) is 33.9 Å². The molecule has 0 amide bonds. The van der Waals surface area contributed by atoms with Crippen LogP contribution >= 0.6 is 11.8 Å². The maximum atomic E-state index is 3.43. The van der Waals surface area contributed by atoms with Crippen molar-refractivity contribution in [3.63, 3.8) is 0 Å². The van der Waals surface area contributed by atoms with E-state index < -0.39 is 0 Å².